The quantitative estimate of drug-likeness (QED) is 0.695. The predicted octanol–water partition coefficient (Wildman–Crippen LogP) is 1.24. The fourth-order valence-electron chi connectivity index (χ4n) is 1.17. The highest BCUT2D eigenvalue weighted by Gasteiger charge is 2.00. The molecule has 1 aromatic rings. The molecule has 1 N–H and O–H groups in total. The first-order valence-electron chi connectivity index (χ1n) is 4.39. The van der Waals surface area contributed by atoms with Crippen molar-refractivity contribution in [1.29, 1.82) is 0 Å². The van der Waals surface area contributed by atoms with Crippen LogP contribution in [0.3, 0.4) is 0 Å². The molecule has 1 heterocycles. The zero-order valence-corrected chi connectivity index (χ0v) is 7.83. The molecular weight excluding hydrogens is 160 g/mol. The fraction of sp³-hybridized carbons (Fsp3) is 0.364. The molecule has 2 nitrogen and oxygen atoms in total. The van der Waals surface area contributed by atoms with E-state index in [9.17, 15) is 0 Å². The van der Waals surface area contributed by atoms with Crippen LogP contribution in [0, 0.1) is 12.3 Å². The molecule has 0 aliphatic heterocycles. The number of aryl methyl sites for hydroxylation is 1. The third-order valence-corrected chi connectivity index (χ3v) is 1.99. The Labute approximate surface area is 79.4 Å². The summed E-state index contributed by atoms with van der Waals surface area (Å²) in [7, 11) is 1.88. The van der Waals surface area contributed by atoms with Crippen molar-refractivity contribution in [1.82, 2.24) is 10.3 Å². The highest BCUT2D eigenvalue weighted by Crippen LogP contribution is 2.02. The number of hydrogen-bond donors (Lipinski definition) is 1. The molecule has 1 aromatic heterocycles. The van der Waals surface area contributed by atoms with Crippen molar-refractivity contribution in [3.8, 4) is 12.3 Å². The van der Waals surface area contributed by atoms with Crippen LogP contribution in [0.5, 0.6) is 0 Å². The molecule has 0 aliphatic carbocycles. The third-order valence-electron chi connectivity index (χ3n) is 1.99. The summed E-state index contributed by atoms with van der Waals surface area (Å²) in [5, 5.41) is 3.07. The van der Waals surface area contributed by atoms with E-state index in [2.05, 4.69) is 22.3 Å². The first kappa shape index (κ1) is 9.76. The van der Waals surface area contributed by atoms with Gasteiger partial charge in [-0.2, -0.15) is 0 Å². The molecule has 1 unspecified atom stereocenters. The summed E-state index contributed by atoms with van der Waals surface area (Å²) in [5.41, 5.74) is 1.23. The molecule has 13 heavy (non-hydrogen) atoms. The Hall–Kier alpha value is -1.33. The van der Waals surface area contributed by atoms with Gasteiger partial charge in [0.2, 0.25) is 0 Å². The zero-order chi connectivity index (χ0) is 9.52. The van der Waals surface area contributed by atoms with Gasteiger partial charge >= 0.3 is 0 Å². The largest absolute Gasteiger partial charge is 0.307 e. The highest BCUT2D eigenvalue weighted by atomic mass is 14.8. The topological polar surface area (TPSA) is 24.9 Å². The molecule has 0 fully saturated rings. The molecule has 0 radical (unpaired) electrons. The van der Waals surface area contributed by atoms with Crippen LogP contribution >= 0.6 is 0 Å². The van der Waals surface area contributed by atoms with Crippen LogP contribution in [0.25, 0.3) is 0 Å². The molecule has 0 aromatic carbocycles. The van der Waals surface area contributed by atoms with E-state index in [-0.39, 0.29) is 6.04 Å². The van der Waals surface area contributed by atoms with Gasteiger partial charge < -0.3 is 5.32 Å². The van der Waals surface area contributed by atoms with E-state index in [0.29, 0.717) is 0 Å². The Bertz CT molecular complexity index is 274. The normalized spacial score (nSPS) is 12.0. The van der Waals surface area contributed by atoms with Crippen molar-refractivity contribution in [3.63, 3.8) is 0 Å². The van der Waals surface area contributed by atoms with Gasteiger partial charge in [0.1, 0.15) is 0 Å². The van der Waals surface area contributed by atoms with E-state index in [1.54, 1.807) is 6.20 Å². The molecule has 1 rings (SSSR count). The van der Waals surface area contributed by atoms with E-state index >= 15 is 0 Å². The third kappa shape index (κ3) is 3.27. The van der Waals surface area contributed by atoms with Crippen LogP contribution in [-0.2, 0) is 6.42 Å². The van der Waals surface area contributed by atoms with Gasteiger partial charge in [0.15, 0.2) is 0 Å². The van der Waals surface area contributed by atoms with Crippen LogP contribution in [0.2, 0.25) is 0 Å². The van der Waals surface area contributed by atoms with E-state index in [1.165, 1.54) is 5.56 Å². The van der Waals surface area contributed by atoms with E-state index < -0.39 is 0 Å². The molecule has 0 bridgehead atoms. The van der Waals surface area contributed by atoms with Gasteiger partial charge in [-0.25, -0.2) is 0 Å². The number of rotatable bonds is 4. The highest BCUT2D eigenvalue weighted by molar-refractivity contribution is 5.10. The molecule has 2 heteroatoms. The SMILES string of the molecule is C#CC(CCc1cccnc1)NC. The first-order chi connectivity index (χ1) is 6.36. The fourth-order valence-corrected chi connectivity index (χ4v) is 1.17. The maximum absolute atomic E-state index is 5.32. The number of aromatic nitrogens is 1. The Morgan fingerprint density at radius 3 is 3.08 bits per heavy atom. The number of pyridine rings is 1. The second-order valence-electron chi connectivity index (χ2n) is 2.91. The van der Waals surface area contributed by atoms with Gasteiger partial charge in [0.05, 0.1) is 6.04 Å². The lowest BCUT2D eigenvalue weighted by Gasteiger charge is -2.08. The standard InChI is InChI=1S/C11H14N2/c1-3-11(12-2)7-6-10-5-4-8-13-9-10/h1,4-5,8-9,11-12H,6-7H2,2H3. The summed E-state index contributed by atoms with van der Waals surface area (Å²) >= 11 is 0. The van der Waals surface area contributed by atoms with Crippen LogP contribution in [-0.4, -0.2) is 18.1 Å². The van der Waals surface area contributed by atoms with Gasteiger partial charge in [-0.1, -0.05) is 12.0 Å². The number of nitrogens with one attached hydrogen (secondary N) is 1. The van der Waals surface area contributed by atoms with Crippen molar-refractivity contribution in [2.24, 2.45) is 0 Å². The first-order valence-corrected chi connectivity index (χ1v) is 4.39. The number of nitrogens with zero attached hydrogens (tertiary/aromatic N) is 1. The van der Waals surface area contributed by atoms with E-state index in [4.69, 9.17) is 6.42 Å². The Kier molecular flexibility index (Phi) is 4.01. The summed E-state index contributed by atoms with van der Waals surface area (Å²) in [6.45, 7) is 0. The van der Waals surface area contributed by atoms with E-state index in [0.717, 1.165) is 12.8 Å². The predicted molar refractivity (Wildman–Crippen MR) is 54.2 cm³/mol. The second-order valence-corrected chi connectivity index (χ2v) is 2.91. The minimum absolute atomic E-state index is 0.167. The summed E-state index contributed by atoms with van der Waals surface area (Å²) in [4.78, 5) is 4.04. The van der Waals surface area contributed by atoms with Gasteiger partial charge in [0.25, 0.3) is 0 Å². The van der Waals surface area contributed by atoms with Crippen molar-refractivity contribution in [3.05, 3.63) is 30.1 Å². The summed E-state index contributed by atoms with van der Waals surface area (Å²) in [6.07, 6.45) is 10.9. The van der Waals surface area contributed by atoms with Crippen LogP contribution in [0.4, 0.5) is 0 Å². The summed E-state index contributed by atoms with van der Waals surface area (Å²) in [5.74, 6) is 2.69. The average Bonchev–Trinajstić information content (AvgIpc) is 2.21. The molecule has 0 amide bonds. The number of hydrogen-bond acceptors (Lipinski definition) is 2. The van der Waals surface area contributed by atoms with Crippen molar-refractivity contribution >= 4 is 0 Å². The lowest BCUT2D eigenvalue weighted by Crippen LogP contribution is -2.23. The van der Waals surface area contributed by atoms with Gasteiger partial charge in [-0.15, -0.1) is 6.42 Å². The molecule has 68 valence electrons. The molecule has 0 spiro atoms. The van der Waals surface area contributed by atoms with Gasteiger partial charge in [-0.05, 0) is 31.5 Å². The minimum atomic E-state index is 0.167. The van der Waals surface area contributed by atoms with Crippen molar-refractivity contribution in [2.45, 2.75) is 18.9 Å². The Balaban J connectivity index is 2.40. The zero-order valence-electron chi connectivity index (χ0n) is 7.83. The molecule has 0 saturated carbocycles. The summed E-state index contributed by atoms with van der Waals surface area (Å²) in [6, 6.07) is 4.18. The van der Waals surface area contributed by atoms with Crippen LogP contribution in [0.15, 0.2) is 24.5 Å². The van der Waals surface area contributed by atoms with Gasteiger partial charge in [-0.3, -0.25) is 4.98 Å². The molecule has 0 saturated heterocycles. The Morgan fingerprint density at radius 2 is 2.54 bits per heavy atom. The lowest BCUT2D eigenvalue weighted by atomic mass is 10.1. The van der Waals surface area contributed by atoms with Crippen molar-refractivity contribution < 1.29 is 0 Å². The Morgan fingerprint density at radius 1 is 1.69 bits per heavy atom. The maximum atomic E-state index is 5.32. The second kappa shape index (κ2) is 5.34. The van der Waals surface area contributed by atoms with Crippen LogP contribution in [0.1, 0.15) is 12.0 Å². The average molecular weight is 174 g/mol. The van der Waals surface area contributed by atoms with E-state index in [1.807, 2.05) is 19.3 Å². The molecule has 1 atom stereocenters. The molecular formula is C11H14N2. The van der Waals surface area contributed by atoms with Gasteiger partial charge in [0, 0.05) is 12.4 Å². The maximum Gasteiger partial charge on any atom is 0.0687 e. The minimum Gasteiger partial charge on any atom is -0.307 e. The lowest BCUT2D eigenvalue weighted by molar-refractivity contribution is 0.630. The van der Waals surface area contributed by atoms with Crippen LogP contribution < -0.4 is 5.32 Å². The smallest absolute Gasteiger partial charge is 0.0687 e. The molecule has 0 aliphatic rings. The number of terminal acetylenes is 1. The monoisotopic (exact) mass is 174 g/mol. The van der Waals surface area contributed by atoms with Crippen molar-refractivity contribution in [2.75, 3.05) is 7.05 Å². The summed E-state index contributed by atoms with van der Waals surface area (Å²) < 4.78 is 0.